The van der Waals surface area contributed by atoms with Gasteiger partial charge in [-0.25, -0.2) is 0 Å². The second-order valence-electron chi connectivity index (χ2n) is 5.63. The number of rotatable bonds is 8. The Bertz CT molecular complexity index is 579. The average Bonchev–Trinajstić information content (AvgIpc) is 2.95. The molecule has 0 saturated heterocycles. The van der Waals surface area contributed by atoms with Gasteiger partial charge in [-0.3, -0.25) is 4.79 Å². The van der Waals surface area contributed by atoms with E-state index in [1.54, 1.807) is 6.33 Å². The van der Waals surface area contributed by atoms with E-state index in [4.69, 9.17) is 0 Å². The Morgan fingerprint density at radius 2 is 2.09 bits per heavy atom. The maximum Gasteiger partial charge on any atom is 0.220 e. The van der Waals surface area contributed by atoms with Crippen molar-refractivity contribution in [1.29, 1.82) is 0 Å². The number of amides is 1. The molecule has 0 radical (unpaired) electrons. The van der Waals surface area contributed by atoms with Crippen LogP contribution in [-0.4, -0.2) is 27.2 Å². The Kier molecular flexibility index (Phi) is 6.13. The van der Waals surface area contributed by atoms with Gasteiger partial charge >= 0.3 is 0 Å². The van der Waals surface area contributed by atoms with Crippen LogP contribution in [0.15, 0.2) is 36.7 Å². The smallest absolute Gasteiger partial charge is 0.220 e. The van der Waals surface area contributed by atoms with Crippen molar-refractivity contribution >= 4 is 5.91 Å². The van der Waals surface area contributed by atoms with Crippen LogP contribution in [0.25, 0.3) is 0 Å². The zero-order valence-electron chi connectivity index (χ0n) is 13.3. The summed E-state index contributed by atoms with van der Waals surface area (Å²) in [5.41, 5.74) is 1.32. The second-order valence-corrected chi connectivity index (χ2v) is 5.63. The van der Waals surface area contributed by atoms with E-state index in [2.05, 4.69) is 46.7 Å². The van der Waals surface area contributed by atoms with Gasteiger partial charge in [0.1, 0.15) is 12.2 Å². The molecule has 1 atom stereocenters. The van der Waals surface area contributed by atoms with Crippen LogP contribution in [0.1, 0.15) is 31.2 Å². The van der Waals surface area contributed by atoms with E-state index in [0.717, 1.165) is 25.2 Å². The zero-order valence-corrected chi connectivity index (χ0v) is 13.3. The molecule has 118 valence electrons. The van der Waals surface area contributed by atoms with Gasteiger partial charge in [-0.2, -0.15) is 0 Å². The highest BCUT2D eigenvalue weighted by Crippen LogP contribution is 2.11. The fraction of sp³-hybridized carbons (Fsp3) is 0.471. The third kappa shape index (κ3) is 4.98. The zero-order chi connectivity index (χ0) is 15.8. The van der Waals surface area contributed by atoms with E-state index in [9.17, 15) is 4.79 Å². The highest BCUT2D eigenvalue weighted by atomic mass is 16.1. The number of aromatic nitrogens is 3. The van der Waals surface area contributed by atoms with Crippen molar-refractivity contribution in [2.75, 3.05) is 6.54 Å². The van der Waals surface area contributed by atoms with Gasteiger partial charge in [0.15, 0.2) is 0 Å². The summed E-state index contributed by atoms with van der Waals surface area (Å²) in [5, 5.41) is 10.8. The molecule has 0 bridgehead atoms. The summed E-state index contributed by atoms with van der Waals surface area (Å²) in [6.45, 7) is 2.89. The lowest BCUT2D eigenvalue weighted by atomic mass is 9.97. The third-order valence-electron chi connectivity index (χ3n) is 3.91. The van der Waals surface area contributed by atoms with E-state index in [0.29, 0.717) is 18.8 Å². The molecule has 1 aromatic heterocycles. The number of nitrogens with zero attached hydrogens (tertiary/aromatic N) is 3. The quantitative estimate of drug-likeness (QED) is 0.812. The molecule has 5 heteroatoms. The fourth-order valence-electron chi connectivity index (χ4n) is 2.41. The molecular weight excluding hydrogens is 276 g/mol. The maximum absolute atomic E-state index is 12.0. The second kappa shape index (κ2) is 8.32. The normalized spacial score (nSPS) is 12.1. The predicted molar refractivity (Wildman–Crippen MR) is 86.3 cm³/mol. The van der Waals surface area contributed by atoms with Crippen molar-refractivity contribution in [3.05, 3.63) is 48.0 Å². The summed E-state index contributed by atoms with van der Waals surface area (Å²) in [5.74, 6) is 1.39. The summed E-state index contributed by atoms with van der Waals surface area (Å²) in [6.07, 6.45) is 4.78. The molecule has 2 aromatic rings. The first-order valence-corrected chi connectivity index (χ1v) is 7.82. The summed E-state index contributed by atoms with van der Waals surface area (Å²) < 4.78 is 1.84. The summed E-state index contributed by atoms with van der Waals surface area (Å²) in [4.78, 5) is 12.0. The Labute approximate surface area is 131 Å². The lowest BCUT2D eigenvalue weighted by Crippen LogP contribution is -2.30. The van der Waals surface area contributed by atoms with Gasteiger partial charge in [0.2, 0.25) is 5.91 Å². The first kappa shape index (κ1) is 16.2. The topological polar surface area (TPSA) is 59.8 Å². The molecule has 0 unspecified atom stereocenters. The molecule has 0 aliphatic rings. The van der Waals surface area contributed by atoms with E-state index in [1.807, 2.05) is 17.7 Å². The molecule has 22 heavy (non-hydrogen) atoms. The number of carbonyl (C=O) groups excluding carboxylic acids is 1. The van der Waals surface area contributed by atoms with Crippen molar-refractivity contribution in [3.8, 4) is 0 Å². The van der Waals surface area contributed by atoms with Crippen LogP contribution in [0.4, 0.5) is 0 Å². The summed E-state index contributed by atoms with van der Waals surface area (Å²) in [6, 6.07) is 10.4. The maximum atomic E-state index is 12.0. The molecular formula is C17H24N4O. The van der Waals surface area contributed by atoms with Crippen LogP contribution in [-0.2, 0) is 24.7 Å². The highest BCUT2D eigenvalue weighted by Gasteiger charge is 2.10. The van der Waals surface area contributed by atoms with Gasteiger partial charge in [0.25, 0.3) is 0 Å². The fourth-order valence-corrected chi connectivity index (χ4v) is 2.41. The van der Waals surface area contributed by atoms with E-state index in [-0.39, 0.29) is 5.91 Å². The molecule has 5 nitrogen and oxygen atoms in total. The van der Waals surface area contributed by atoms with E-state index < -0.39 is 0 Å². The highest BCUT2D eigenvalue weighted by molar-refractivity contribution is 5.76. The van der Waals surface area contributed by atoms with Gasteiger partial charge in [-0.15, -0.1) is 10.2 Å². The molecule has 0 aliphatic heterocycles. The lowest BCUT2D eigenvalue weighted by molar-refractivity contribution is -0.121. The number of aryl methyl sites for hydroxylation is 2. The SMILES string of the molecule is CC[C@H](CNC(=O)CCc1nncn1C)Cc1ccccc1. The number of hydrogen-bond acceptors (Lipinski definition) is 3. The Balaban J connectivity index is 1.73. The first-order valence-electron chi connectivity index (χ1n) is 7.82. The van der Waals surface area contributed by atoms with Crippen LogP contribution in [0.3, 0.4) is 0 Å². The Morgan fingerprint density at radius 1 is 1.32 bits per heavy atom. The van der Waals surface area contributed by atoms with Gasteiger partial charge in [-0.1, -0.05) is 43.7 Å². The largest absolute Gasteiger partial charge is 0.356 e. The predicted octanol–water partition coefficient (Wildman–Crippen LogP) is 2.13. The first-order chi connectivity index (χ1) is 10.7. The monoisotopic (exact) mass is 300 g/mol. The molecule has 1 N–H and O–H groups in total. The average molecular weight is 300 g/mol. The van der Waals surface area contributed by atoms with Gasteiger partial charge in [-0.05, 0) is 17.9 Å². The minimum atomic E-state index is 0.0783. The van der Waals surface area contributed by atoms with Crippen molar-refractivity contribution in [1.82, 2.24) is 20.1 Å². The van der Waals surface area contributed by atoms with Gasteiger partial charge < -0.3 is 9.88 Å². The number of hydrogen-bond donors (Lipinski definition) is 1. The van der Waals surface area contributed by atoms with Gasteiger partial charge in [0, 0.05) is 26.4 Å². The Morgan fingerprint density at radius 3 is 2.73 bits per heavy atom. The van der Waals surface area contributed by atoms with Crippen LogP contribution < -0.4 is 5.32 Å². The summed E-state index contributed by atoms with van der Waals surface area (Å²) >= 11 is 0. The lowest BCUT2D eigenvalue weighted by Gasteiger charge is -2.16. The molecule has 0 aliphatic carbocycles. The number of benzene rings is 1. The van der Waals surface area contributed by atoms with Crippen molar-refractivity contribution < 1.29 is 4.79 Å². The van der Waals surface area contributed by atoms with Gasteiger partial charge in [0.05, 0.1) is 0 Å². The van der Waals surface area contributed by atoms with Crippen LogP contribution >= 0.6 is 0 Å². The molecule has 0 fully saturated rings. The molecule has 2 rings (SSSR count). The van der Waals surface area contributed by atoms with Crippen LogP contribution in [0.5, 0.6) is 0 Å². The van der Waals surface area contributed by atoms with Crippen LogP contribution in [0, 0.1) is 5.92 Å². The van der Waals surface area contributed by atoms with E-state index in [1.165, 1.54) is 5.56 Å². The van der Waals surface area contributed by atoms with Crippen LogP contribution in [0.2, 0.25) is 0 Å². The third-order valence-corrected chi connectivity index (χ3v) is 3.91. The molecule has 1 heterocycles. The standard InChI is InChI=1S/C17H24N4O/c1-3-14(11-15-7-5-4-6-8-15)12-18-17(22)10-9-16-20-19-13-21(16)2/h4-8,13-14H,3,9-12H2,1-2H3,(H,18,22)/t14-/m0/s1. The van der Waals surface area contributed by atoms with E-state index >= 15 is 0 Å². The molecule has 1 amide bonds. The van der Waals surface area contributed by atoms with Crippen molar-refractivity contribution in [2.45, 2.75) is 32.6 Å². The summed E-state index contributed by atoms with van der Waals surface area (Å²) in [7, 11) is 1.89. The molecule has 0 saturated carbocycles. The van der Waals surface area contributed by atoms with Crippen molar-refractivity contribution in [2.24, 2.45) is 13.0 Å². The van der Waals surface area contributed by atoms with Crippen molar-refractivity contribution in [3.63, 3.8) is 0 Å². The minimum absolute atomic E-state index is 0.0783. The minimum Gasteiger partial charge on any atom is -0.356 e. The Hall–Kier alpha value is -2.17. The molecule has 0 spiro atoms. The molecule has 1 aromatic carbocycles. The number of carbonyl (C=O) groups is 1. The number of nitrogens with one attached hydrogen (secondary N) is 1.